The molecule has 1 aromatic rings. The van der Waals surface area contributed by atoms with Gasteiger partial charge in [0.2, 0.25) is 5.89 Å². The van der Waals surface area contributed by atoms with Crippen LogP contribution in [0.5, 0.6) is 0 Å². The fourth-order valence-electron chi connectivity index (χ4n) is 0.974. The van der Waals surface area contributed by atoms with Crippen molar-refractivity contribution in [2.24, 2.45) is 0 Å². The van der Waals surface area contributed by atoms with Crippen molar-refractivity contribution < 1.29 is 4.42 Å². The van der Waals surface area contributed by atoms with Gasteiger partial charge in [-0.2, -0.15) is 0 Å². The lowest BCUT2D eigenvalue weighted by Crippen LogP contribution is -2.18. The molecule has 0 fully saturated rings. The van der Waals surface area contributed by atoms with Crippen LogP contribution < -0.4 is 5.32 Å². The van der Waals surface area contributed by atoms with Crippen molar-refractivity contribution in [2.75, 3.05) is 18.8 Å². The summed E-state index contributed by atoms with van der Waals surface area (Å²) in [4.78, 5) is 0. The molecule has 0 atom stereocenters. The van der Waals surface area contributed by atoms with Gasteiger partial charge >= 0.3 is 0 Å². The average Bonchev–Trinajstić information content (AvgIpc) is 2.58. The molecule has 0 saturated carbocycles. The zero-order valence-corrected chi connectivity index (χ0v) is 9.56. The van der Waals surface area contributed by atoms with Crippen molar-refractivity contribution in [3.8, 4) is 0 Å². The van der Waals surface area contributed by atoms with E-state index in [0.29, 0.717) is 11.1 Å². The van der Waals surface area contributed by atoms with Crippen LogP contribution in [0, 0.1) is 6.92 Å². The molecule has 4 nitrogen and oxygen atoms in total. The number of aryl methyl sites for hydroxylation is 1. The van der Waals surface area contributed by atoms with E-state index in [-0.39, 0.29) is 0 Å². The minimum atomic E-state index is 0.631. The second-order valence-corrected chi connectivity index (χ2v) is 4.09. The Morgan fingerprint density at radius 1 is 1.36 bits per heavy atom. The molecule has 0 aliphatic carbocycles. The van der Waals surface area contributed by atoms with E-state index in [1.165, 1.54) is 12.8 Å². The quantitative estimate of drug-likeness (QED) is 0.556. The highest BCUT2D eigenvalue weighted by molar-refractivity contribution is 7.99. The molecule has 5 heteroatoms. The molecule has 0 radical (unpaired) electrons. The van der Waals surface area contributed by atoms with Gasteiger partial charge in [-0.25, -0.2) is 0 Å². The van der Waals surface area contributed by atoms with Gasteiger partial charge in [0.05, 0.1) is 0 Å². The summed E-state index contributed by atoms with van der Waals surface area (Å²) >= 11 is 1.60. The number of aromatic nitrogens is 2. The van der Waals surface area contributed by atoms with E-state index < -0.39 is 0 Å². The molecule has 0 aliphatic rings. The summed E-state index contributed by atoms with van der Waals surface area (Å²) in [7, 11) is 0. The predicted octanol–water partition coefficient (Wildman–Crippen LogP) is 1.86. The molecule has 0 saturated heterocycles. The molecular formula is C9H17N3OS. The predicted molar refractivity (Wildman–Crippen MR) is 57.5 cm³/mol. The van der Waals surface area contributed by atoms with Crippen molar-refractivity contribution in [1.29, 1.82) is 0 Å². The Kier molecular flexibility index (Phi) is 5.63. The van der Waals surface area contributed by atoms with Crippen molar-refractivity contribution in [1.82, 2.24) is 15.5 Å². The van der Waals surface area contributed by atoms with E-state index in [1.807, 2.05) is 0 Å². The van der Waals surface area contributed by atoms with Gasteiger partial charge < -0.3 is 9.73 Å². The molecule has 80 valence electrons. The van der Waals surface area contributed by atoms with Gasteiger partial charge in [0.15, 0.2) is 0 Å². The Hall–Kier alpha value is -0.550. The average molecular weight is 215 g/mol. The lowest BCUT2D eigenvalue weighted by Gasteiger charge is -2.00. The first-order chi connectivity index (χ1) is 6.83. The molecule has 0 amide bonds. The maximum atomic E-state index is 5.22. The maximum absolute atomic E-state index is 5.22. The summed E-state index contributed by atoms with van der Waals surface area (Å²) < 4.78 is 5.22. The van der Waals surface area contributed by atoms with Crippen LogP contribution in [0.2, 0.25) is 0 Å². The largest absolute Gasteiger partial charge is 0.416 e. The van der Waals surface area contributed by atoms with E-state index in [0.717, 1.165) is 18.8 Å². The molecule has 0 bridgehead atoms. The third kappa shape index (κ3) is 4.62. The molecule has 0 aliphatic heterocycles. The van der Waals surface area contributed by atoms with E-state index >= 15 is 0 Å². The molecular weight excluding hydrogens is 198 g/mol. The standard InChI is InChI=1S/C9H17N3OS/c1-3-4-5-10-6-7-14-9-12-11-8(2)13-9/h10H,3-7H2,1-2H3. The van der Waals surface area contributed by atoms with Gasteiger partial charge in [0.1, 0.15) is 0 Å². The highest BCUT2D eigenvalue weighted by atomic mass is 32.2. The van der Waals surface area contributed by atoms with Crippen molar-refractivity contribution in [3.63, 3.8) is 0 Å². The number of hydrogen-bond acceptors (Lipinski definition) is 5. The zero-order chi connectivity index (χ0) is 10.2. The van der Waals surface area contributed by atoms with Crippen LogP contribution in [0.3, 0.4) is 0 Å². The summed E-state index contributed by atoms with van der Waals surface area (Å²) in [6.45, 7) is 6.08. The van der Waals surface area contributed by atoms with E-state index in [4.69, 9.17) is 4.42 Å². The Morgan fingerprint density at radius 3 is 2.86 bits per heavy atom. The highest BCUT2D eigenvalue weighted by Gasteiger charge is 2.01. The van der Waals surface area contributed by atoms with Gasteiger partial charge in [-0.1, -0.05) is 25.1 Å². The van der Waals surface area contributed by atoms with Crippen LogP contribution in [0.25, 0.3) is 0 Å². The zero-order valence-electron chi connectivity index (χ0n) is 8.75. The monoisotopic (exact) mass is 215 g/mol. The van der Waals surface area contributed by atoms with Crippen LogP contribution in [0.15, 0.2) is 9.64 Å². The van der Waals surface area contributed by atoms with E-state index in [2.05, 4.69) is 22.4 Å². The fourth-order valence-corrected chi connectivity index (χ4v) is 1.67. The first-order valence-electron chi connectivity index (χ1n) is 4.96. The summed E-state index contributed by atoms with van der Waals surface area (Å²) in [6, 6.07) is 0. The van der Waals surface area contributed by atoms with Crippen LogP contribution in [-0.4, -0.2) is 29.0 Å². The number of hydrogen-bond donors (Lipinski definition) is 1. The minimum absolute atomic E-state index is 0.631. The molecule has 1 N–H and O–H groups in total. The first-order valence-corrected chi connectivity index (χ1v) is 5.95. The number of unbranched alkanes of at least 4 members (excludes halogenated alkanes) is 1. The lowest BCUT2D eigenvalue weighted by molar-refractivity contribution is 0.429. The molecule has 0 unspecified atom stereocenters. The number of thioether (sulfide) groups is 1. The molecule has 0 spiro atoms. The van der Waals surface area contributed by atoms with Crippen LogP contribution in [0.1, 0.15) is 25.7 Å². The van der Waals surface area contributed by atoms with Gasteiger partial charge in [0.25, 0.3) is 5.22 Å². The normalized spacial score (nSPS) is 10.7. The lowest BCUT2D eigenvalue weighted by atomic mass is 10.3. The van der Waals surface area contributed by atoms with Crippen LogP contribution in [-0.2, 0) is 0 Å². The van der Waals surface area contributed by atoms with E-state index in [9.17, 15) is 0 Å². The minimum Gasteiger partial charge on any atom is -0.416 e. The molecule has 1 heterocycles. The molecule has 1 rings (SSSR count). The second kappa shape index (κ2) is 6.84. The topological polar surface area (TPSA) is 51.0 Å². The SMILES string of the molecule is CCCCNCCSc1nnc(C)o1. The Morgan fingerprint density at radius 2 is 2.21 bits per heavy atom. The van der Waals surface area contributed by atoms with Crippen LogP contribution >= 0.6 is 11.8 Å². The number of rotatable bonds is 7. The Bertz CT molecular complexity index is 252. The van der Waals surface area contributed by atoms with Crippen LogP contribution in [0.4, 0.5) is 0 Å². The Labute approximate surface area is 88.9 Å². The summed E-state index contributed by atoms with van der Waals surface area (Å²) in [5, 5.41) is 11.7. The fraction of sp³-hybridized carbons (Fsp3) is 0.778. The van der Waals surface area contributed by atoms with E-state index in [1.54, 1.807) is 18.7 Å². The smallest absolute Gasteiger partial charge is 0.276 e. The van der Waals surface area contributed by atoms with Gasteiger partial charge in [0, 0.05) is 19.2 Å². The third-order valence-corrected chi connectivity index (χ3v) is 2.54. The number of nitrogens with one attached hydrogen (secondary N) is 1. The summed E-state index contributed by atoms with van der Waals surface area (Å²) in [5.74, 6) is 1.61. The number of nitrogens with zero attached hydrogens (tertiary/aromatic N) is 2. The molecule has 0 aromatic carbocycles. The summed E-state index contributed by atoms with van der Waals surface area (Å²) in [5.41, 5.74) is 0. The first kappa shape index (κ1) is 11.5. The van der Waals surface area contributed by atoms with Gasteiger partial charge in [-0.15, -0.1) is 10.2 Å². The molecule has 1 aromatic heterocycles. The maximum Gasteiger partial charge on any atom is 0.276 e. The second-order valence-electron chi connectivity index (χ2n) is 3.04. The third-order valence-electron chi connectivity index (χ3n) is 1.72. The van der Waals surface area contributed by atoms with Crippen molar-refractivity contribution in [2.45, 2.75) is 31.9 Å². The molecule has 14 heavy (non-hydrogen) atoms. The summed E-state index contributed by atoms with van der Waals surface area (Å²) in [6.07, 6.45) is 2.48. The van der Waals surface area contributed by atoms with Gasteiger partial charge in [-0.3, -0.25) is 0 Å². The van der Waals surface area contributed by atoms with Gasteiger partial charge in [-0.05, 0) is 13.0 Å². The highest BCUT2D eigenvalue weighted by Crippen LogP contribution is 2.14. The van der Waals surface area contributed by atoms with Crippen molar-refractivity contribution in [3.05, 3.63) is 5.89 Å². The Balaban J connectivity index is 1.99. The van der Waals surface area contributed by atoms with Crippen molar-refractivity contribution >= 4 is 11.8 Å².